The van der Waals surface area contributed by atoms with Gasteiger partial charge in [-0.05, 0) is 17.9 Å². The van der Waals surface area contributed by atoms with Crippen LogP contribution in [0.15, 0.2) is 17.4 Å². The molecular weight excluding hydrogens is 242 g/mol. The molecule has 1 heterocycles. The number of rotatable bonds is 6. The normalized spacial score (nSPS) is 12.2. The summed E-state index contributed by atoms with van der Waals surface area (Å²) in [6, 6.07) is 1.71. The fourth-order valence-electron chi connectivity index (χ4n) is 1.94. The number of nitrogens with two attached hydrogens (primary N) is 1. The van der Waals surface area contributed by atoms with Crippen LogP contribution in [0.2, 0.25) is 0 Å². The topological polar surface area (TPSA) is 87.6 Å². The first-order chi connectivity index (χ1) is 8.95. The molecular formula is C13H23N5O. The van der Waals surface area contributed by atoms with Crippen molar-refractivity contribution in [3.05, 3.63) is 17.8 Å². The van der Waals surface area contributed by atoms with Gasteiger partial charge in [0.05, 0.1) is 11.8 Å². The molecule has 0 saturated carbocycles. The minimum atomic E-state index is 0.0578. The third kappa shape index (κ3) is 4.39. The van der Waals surface area contributed by atoms with Gasteiger partial charge in [0.2, 0.25) is 0 Å². The Morgan fingerprint density at radius 3 is 2.37 bits per heavy atom. The van der Waals surface area contributed by atoms with Crippen LogP contribution in [0.5, 0.6) is 0 Å². The highest BCUT2D eigenvalue weighted by molar-refractivity contribution is 6.01. The first-order valence-corrected chi connectivity index (χ1v) is 6.50. The number of hydrogen-bond acceptors (Lipinski definition) is 5. The van der Waals surface area contributed by atoms with Gasteiger partial charge < -0.3 is 15.8 Å². The van der Waals surface area contributed by atoms with Crippen LogP contribution in [-0.4, -0.2) is 34.3 Å². The second kappa shape index (κ2) is 6.92. The smallest absolute Gasteiger partial charge is 0.173 e. The van der Waals surface area contributed by atoms with Gasteiger partial charge in [-0.3, -0.25) is 0 Å². The molecule has 0 aliphatic heterocycles. The molecule has 0 saturated heterocycles. The van der Waals surface area contributed by atoms with Crippen molar-refractivity contribution in [2.75, 3.05) is 18.0 Å². The van der Waals surface area contributed by atoms with E-state index < -0.39 is 0 Å². The molecule has 0 aliphatic rings. The van der Waals surface area contributed by atoms with Crippen molar-refractivity contribution in [2.24, 2.45) is 22.7 Å². The van der Waals surface area contributed by atoms with Crippen molar-refractivity contribution >= 4 is 11.7 Å². The summed E-state index contributed by atoms with van der Waals surface area (Å²) >= 11 is 0. The lowest BCUT2D eigenvalue weighted by molar-refractivity contribution is 0.318. The van der Waals surface area contributed by atoms with Crippen LogP contribution in [0.4, 0.5) is 5.82 Å². The zero-order valence-electron chi connectivity index (χ0n) is 12.0. The molecule has 1 rings (SSSR count). The summed E-state index contributed by atoms with van der Waals surface area (Å²) in [7, 11) is 0. The van der Waals surface area contributed by atoms with E-state index in [4.69, 9.17) is 10.9 Å². The molecule has 0 aliphatic carbocycles. The van der Waals surface area contributed by atoms with Crippen molar-refractivity contribution in [3.8, 4) is 0 Å². The minimum absolute atomic E-state index is 0.0578. The Bertz CT molecular complexity index is 421. The van der Waals surface area contributed by atoms with E-state index >= 15 is 0 Å². The lowest BCUT2D eigenvalue weighted by atomic mass is 10.1. The highest BCUT2D eigenvalue weighted by Crippen LogP contribution is 2.19. The number of oxime groups is 1. The van der Waals surface area contributed by atoms with Gasteiger partial charge in [-0.1, -0.05) is 32.9 Å². The zero-order valence-corrected chi connectivity index (χ0v) is 12.0. The fourth-order valence-corrected chi connectivity index (χ4v) is 1.94. The average molecular weight is 265 g/mol. The van der Waals surface area contributed by atoms with Crippen LogP contribution in [0.1, 0.15) is 33.3 Å². The summed E-state index contributed by atoms with van der Waals surface area (Å²) in [6.07, 6.45) is 1.54. The molecule has 0 atom stereocenters. The largest absolute Gasteiger partial charge is 0.409 e. The van der Waals surface area contributed by atoms with E-state index in [0.717, 1.165) is 13.1 Å². The second-order valence-electron chi connectivity index (χ2n) is 5.45. The summed E-state index contributed by atoms with van der Waals surface area (Å²) in [6.45, 7) is 10.3. The van der Waals surface area contributed by atoms with Crippen LogP contribution in [0, 0.1) is 11.8 Å². The molecule has 1 aromatic rings. The molecule has 0 fully saturated rings. The van der Waals surface area contributed by atoms with Crippen molar-refractivity contribution in [3.63, 3.8) is 0 Å². The number of amidine groups is 1. The molecule has 6 heteroatoms. The van der Waals surface area contributed by atoms with Gasteiger partial charge in [-0.2, -0.15) is 5.10 Å². The molecule has 0 amide bonds. The van der Waals surface area contributed by atoms with Gasteiger partial charge in [0.25, 0.3) is 0 Å². The maximum atomic E-state index is 8.85. The van der Waals surface area contributed by atoms with Crippen LogP contribution >= 0.6 is 0 Å². The van der Waals surface area contributed by atoms with Crippen molar-refractivity contribution in [2.45, 2.75) is 27.7 Å². The first kappa shape index (κ1) is 15.2. The molecule has 19 heavy (non-hydrogen) atoms. The van der Waals surface area contributed by atoms with Crippen LogP contribution < -0.4 is 10.6 Å². The molecule has 6 nitrogen and oxygen atoms in total. The van der Waals surface area contributed by atoms with Crippen molar-refractivity contribution in [1.82, 2.24) is 10.2 Å². The third-order valence-corrected chi connectivity index (χ3v) is 2.56. The first-order valence-electron chi connectivity index (χ1n) is 6.50. The van der Waals surface area contributed by atoms with E-state index in [2.05, 4.69) is 47.9 Å². The van der Waals surface area contributed by atoms with E-state index in [0.29, 0.717) is 23.2 Å². The number of hydrogen-bond donors (Lipinski definition) is 2. The molecule has 0 bridgehead atoms. The van der Waals surface area contributed by atoms with Gasteiger partial charge in [0.1, 0.15) is 0 Å². The van der Waals surface area contributed by atoms with Gasteiger partial charge in [-0.15, -0.1) is 5.10 Å². The fraction of sp³-hybridized carbons (Fsp3) is 0.615. The van der Waals surface area contributed by atoms with E-state index in [1.54, 1.807) is 12.3 Å². The molecule has 3 N–H and O–H groups in total. The summed E-state index contributed by atoms with van der Waals surface area (Å²) in [4.78, 5) is 2.13. The predicted molar refractivity (Wildman–Crippen MR) is 76.4 cm³/mol. The Morgan fingerprint density at radius 2 is 1.89 bits per heavy atom. The molecule has 0 radical (unpaired) electrons. The number of anilines is 1. The van der Waals surface area contributed by atoms with Gasteiger partial charge in [0, 0.05) is 13.1 Å². The Labute approximate surface area is 114 Å². The Morgan fingerprint density at radius 1 is 1.32 bits per heavy atom. The van der Waals surface area contributed by atoms with E-state index in [9.17, 15) is 0 Å². The second-order valence-corrected chi connectivity index (χ2v) is 5.45. The highest BCUT2D eigenvalue weighted by atomic mass is 16.4. The maximum Gasteiger partial charge on any atom is 0.173 e. The SMILES string of the molecule is CC(C)CN(CC(C)C)c1nnccc1/C(N)=N/O. The maximum absolute atomic E-state index is 8.85. The average Bonchev–Trinajstić information content (AvgIpc) is 2.36. The molecule has 0 unspecified atom stereocenters. The Kier molecular flexibility index (Phi) is 5.54. The standard InChI is InChI=1S/C13H23N5O/c1-9(2)7-18(8-10(3)4)13-11(12(14)17-19)5-6-15-16-13/h5-6,9-10,19H,7-8H2,1-4H3,(H2,14,17). The third-order valence-electron chi connectivity index (χ3n) is 2.56. The monoisotopic (exact) mass is 265 g/mol. The number of aromatic nitrogens is 2. The molecule has 106 valence electrons. The van der Waals surface area contributed by atoms with E-state index in [-0.39, 0.29) is 5.84 Å². The lowest BCUT2D eigenvalue weighted by Crippen LogP contribution is -2.34. The summed E-state index contributed by atoms with van der Waals surface area (Å²) in [5.74, 6) is 1.70. The van der Waals surface area contributed by atoms with Crippen LogP contribution in [0.25, 0.3) is 0 Å². The van der Waals surface area contributed by atoms with Gasteiger partial charge >= 0.3 is 0 Å². The van der Waals surface area contributed by atoms with E-state index in [1.165, 1.54) is 0 Å². The quantitative estimate of drug-likeness (QED) is 0.354. The Hall–Kier alpha value is -1.85. The van der Waals surface area contributed by atoms with Crippen LogP contribution in [-0.2, 0) is 0 Å². The zero-order chi connectivity index (χ0) is 14.4. The minimum Gasteiger partial charge on any atom is -0.409 e. The summed E-state index contributed by atoms with van der Waals surface area (Å²) in [5, 5.41) is 20.0. The lowest BCUT2D eigenvalue weighted by Gasteiger charge is -2.28. The molecule has 0 spiro atoms. The van der Waals surface area contributed by atoms with Gasteiger partial charge in [0.15, 0.2) is 11.7 Å². The van der Waals surface area contributed by atoms with Crippen molar-refractivity contribution in [1.29, 1.82) is 0 Å². The molecule has 0 aromatic carbocycles. The van der Waals surface area contributed by atoms with Crippen molar-refractivity contribution < 1.29 is 5.21 Å². The summed E-state index contributed by atoms with van der Waals surface area (Å²) < 4.78 is 0. The van der Waals surface area contributed by atoms with Gasteiger partial charge in [-0.25, -0.2) is 0 Å². The predicted octanol–water partition coefficient (Wildman–Crippen LogP) is 1.69. The highest BCUT2D eigenvalue weighted by Gasteiger charge is 2.18. The molecule has 1 aromatic heterocycles. The van der Waals surface area contributed by atoms with E-state index in [1.807, 2.05) is 0 Å². The van der Waals surface area contributed by atoms with Crippen LogP contribution in [0.3, 0.4) is 0 Å². The number of nitrogens with zero attached hydrogens (tertiary/aromatic N) is 4. The summed E-state index contributed by atoms with van der Waals surface area (Å²) in [5.41, 5.74) is 6.31. The Balaban J connectivity index is 3.14.